The summed E-state index contributed by atoms with van der Waals surface area (Å²) < 4.78 is 0. The van der Waals surface area contributed by atoms with Gasteiger partial charge in [-0.2, -0.15) is 0 Å². The maximum absolute atomic E-state index is 13.1. The molecule has 1 fully saturated rings. The number of nitrogens with zero attached hydrogens (tertiary/aromatic N) is 1. The third-order valence-corrected chi connectivity index (χ3v) is 6.45. The van der Waals surface area contributed by atoms with E-state index in [2.05, 4.69) is 22.0 Å². The number of pyridine rings is 1. The zero-order valence-electron chi connectivity index (χ0n) is 21.2. The quantitative estimate of drug-likeness (QED) is 0.360. The van der Waals surface area contributed by atoms with E-state index in [9.17, 15) is 19.5 Å². The van der Waals surface area contributed by atoms with Gasteiger partial charge in [0.15, 0.2) is 0 Å². The van der Waals surface area contributed by atoms with Crippen LogP contribution in [0.2, 0.25) is 0 Å². The molecule has 2 amide bonds. The fraction of sp³-hybridized carbons (Fsp3) is 0.500. The first-order chi connectivity index (χ1) is 17.3. The van der Waals surface area contributed by atoms with Crippen molar-refractivity contribution in [3.8, 4) is 0 Å². The van der Waals surface area contributed by atoms with Crippen molar-refractivity contribution in [3.05, 3.63) is 65.5 Å². The van der Waals surface area contributed by atoms with Crippen molar-refractivity contribution in [2.75, 3.05) is 13.1 Å². The number of carboxylic acids is 1. The molecule has 1 saturated heterocycles. The van der Waals surface area contributed by atoms with Gasteiger partial charge in [-0.3, -0.25) is 14.6 Å². The zero-order valence-corrected chi connectivity index (χ0v) is 21.2. The molecule has 3 rings (SSSR count). The summed E-state index contributed by atoms with van der Waals surface area (Å²) in [5.41, 5.74) is 2.80. The number of rotatable bonds is 12. The smallest absolute Gasteiger partial charge is 0.326 e. The largest absolute Gasteiger partial charge is 0.480 e. The minimum absolute atomic E-state index is 0.0988. The number of piperidine rings is 1. The monoisotopic (exact) mass is 494 g/mol. The Kier molecular flexibility index (Phi) is 10.4. The molecule has 1 aliphatic heterocycles. The predicted molar refractivity (Wildman–Crippen MR) is 139 cm³/mol. The molecule has 8 nitrogen and oxygen atoms in total. The molecule has 2 aromatic rings. The maximum atomic E-state index is 13.1. The lowest BCUT2D eigenvalue weighted by Gasteiger charge is -2.23. The van der Waals surface area contributed by atoms with E-state index in [4.69, 9.17) is 4.98 Å². The van der Waals surface area contributed by atoms with Gasteiger partial charge in [0, 0.05) is 30.1 Å². The molecule has 194 valence electrons. The van der Waals surface area contributed by atoms with Gasteiger partial charge in [0.2, 0.25) is 11.8 Å². The lowest BCUT2D eigenvalue weighted by molar-refractivity contribution is -0.142. The normalized spacial score (nSPS) is 15.8. The Hall–Kier alpha value is -3.26. The molecule has 0 bridgehead atoms. The Bertz CT molecular complexity index is 1010. The third-order valence-electron chi connectivity index (χ3n) is 6.45. The van der Waals surface area contributed by atoms with Gasteiger partial charge in [-0.25, -0.2) is 4.79 Å². The van der Waals surface area contributed by atoms with E-state index < -0.39 is 24.0 Å². The first kappa shape index (κ1) is 27.3. The fourth-order valence-corrected chi connectivity index (χ4v) is 4.51. The zero-order chi connectivity index (χ0) is 25.9. The second kappa shape index (κ2) is 13.7. The van der Waals surface area contributed by atoms with Crippen LogP contribution in [0.4, 0.5) is 0 Å². The van der Waals surface area contributed by atoms with Gasteiger partial charge in [-0.1, -0.05) is 50.2 Å². The van der Waals surface area contributed by atoms with Crippen LogP contribution in [0.3, 0.4) is 0 Å². The van der Waals surface area contributed by atoms with E-state index in [0.29, 0.717) is 18.8 Å². The Balaban J connectivity index is 1.63. The Morgan fingerprint density at radius 1 is 1.00 bits per heavy atom. The molecule has 0 saturated carbocycles. The fourth-order valence-electron chi connectivity index (χ4n) is 4.51. The van der Waals surface area contributed by atoms with Crippen LogP contribution in [0.15, 0.2) is 48.5 Å². The molecule has 0 unspecified atom stereocenters. The molecular formula is C28H38N4O4. The lowest BCUT2D eigenvalue weighted by Crippen LogP contribution is -2.52. The van der Waals surface area contributed by atoms with Crippen LogP contribution < -0.4 is 16.0 Å². The molecule has 2 heterocycles. The molecule has 0 spiro atoms. The topological polar surface area (TPSA) is 120 Å². The molecule has 4 N–H and O–H groups in total. The van der Waals surface area contributed by atoms with Gasteiger partial charge in [-0.05, 0) is 62.4 Å². The highest BCUT2D eigenvalue weighted by molar-refractivity contribution is 5.90. The van der Waals surface area contributed by atoms with Gasteiger partial charge in [0.25, 0.3) is 0 Å². The van der Waals surface area contributed by atoms with E-state index in [0.717, 1.165) is 42.9 Å². The van der Waals surface area contributed by atoms with E-state index in [1.807, 2.05) is 56.3 Å². The Morgan fingerprint density at radius 2 is 1.72 bits per heavy atom. The first-order valence-electron chi connectivity index (χ1n) is 12.8. The van der Waals surface area contributed by atoms with Crippen molar-refractivity contribution >= 4 is 17.8 Å². The van der Waals surface area contributed by atoms with E-state index >= 15 is 0 Å². The summed E-state index contributed by atoms with van der Waals surface area (Å²) in [5, 5.41) is 18.4. The summed E-state index contributed by atoms with van der Waals surface area (Å²) in [6, 6.07) is 13.5. The molecule has 1 aromatic carbocycles. The van der Waals surface area contributed by atoms with E-state index in [1.165, 1.54) is 0 Å². The number of carboxylic acid groups (broad SMARTS) is 1. The summed E-state index contributed by atoms with van der Waals surface area (Å²) in [6.07, 6.45) is 3.36. The number of carbonyl (C=O) groups excluding carboxylic acids is 2. The molecule has 8 heteroatoms. The second-order valence-electron chi connectivity index (χ2n) is 9.92. The van der Waals surface area contributed by atoms with Crippen molar-refractivity contribution < 1.29 is 19.5 Å². The highest BCUT2D eigenvalue weighted by Crippen LogP contribution is 2.23. The van der Waals surface area contributed by atoms with Gasteiger partial charge in [0.1, 0.15) is 12.1 Å². The Morgan fingerprint density at radius 3 is 2.39 bits per heavy atom. The van der Waals surface area contributed by atoms with E-state index in [1.54, 1.807) is 0 Å². The van der Waals surface area contributed by atoms with Gasteiger partial charge in [-0.15, -0.1) is 0 Å². The number of benzene rings is 1. The summed E-state index contributed by atoms with van der Waals surface area (Å²) in [4.78, 5) is 42.4. The number of aromatic nitrogens is 1. The van der Waals surface area contributed by atoms with E-state index in [-0.39, 0.29) is 24.7 Å². The molecule has 0 aliphatic carbocycles. The predicted octanol–water partition coefficient (Wildman–Crippen LogP) is 2.82. The summed E-state index contributed by atoms with van der Waals surface area (Å²) in [6.45, 7) is 5.78. The van der Waals surface area contributed by atoms with Crippen LogP contribution in [0.5, 0.6) is 0 Å². The molecular weight excluding hydrogens is 456 g/mol. The van der Waals surface area contributed by atoms with Crippen molar-refractivity contribution in [2.24, 2.45) is 5.92 Å². The molecule has 36 heavy (non-hydrogen) atoms. The van der Waals surface area contributed by atoms with Crippen molar-refractivity contribution in [2.45, 2.75) is 70.4 Å². The molecule has 1 aromatic heterocycles. The Labute approximate surface area is 213 Å². The van der Waals surface area contributed by atoms with Crippen LogP contribution in [-0.2, 0) is 27.2 Å². The SMILES string of the molecule is CC(C)C[C@H](NC(=O)[C@H](Cc1ccccc1)NC(=O)CCc1cccc(C2CCNCC2)n1)C(=O)O. The van der Waals surface area contributed by atoms with Gasteiger partial charge >= 0.3 is 5.97 Å². The number of aliphatic carboxylic acids is 1. The first-order valence-corrected chi connectivity index (χ1v) is 12.8. The number of carbonyl (C=O) groups is 3. The number of aryl methyl sites for hydroxylation is 1. The minimum atomic E-state index is -1.08. The average Bonchev–Trinajstić information content (AvgIpc) is 2.87. The van der Waals surface area contributed by atoms with Crippen LogP contribution >= 0.6 is 0 Å². The van der Waals surface area contributed by atoms with Crippen LogP contribution in [-0.4, -0.2) is 53.0 Å². The number of amides is 2. The van der Waals surface area contributed by atoms with Crippen molar-refractivity contribution in [3.63, 3.8) is 0 Å². The molecule has 2 atom stereocenters. The number of nitrogens with one attached hydrogen (secondary N) is 3. The standard InChI is InChI=1S/C28H38N4O4/c1-19(2)17-25(28(35)36)32-27(34)24(18-20-7-4-3-5-8-20)31-26(33)12-11-22-9-6-10-23(30-22)21-13-15-29-16-14-21/h3-10,19,21,24-25,29H,11-18H2,1-2H3,(H,31,33)(H,32,34)(H,35,36)/t24-,25-/m0/s1. The lowest BCUT2D eigenvalue weighted by atomic mass is 9.94. The van der Waals surface area contributed by atoms with Crippen molar-refractivity contribution in [1.82, 2.24) is 20.9 Å². The van der Waals surface area contributed by atoms with Crippen LogP contribution in [0.25, 0.3) is 0 Å². The highest BCUT2D eigenvalue weighted by Gasteiger charge is 2.27. The van der Waals surface area contributed by atoms with Gasteiger partial charge < -0.3 is 21.1 Å². The number of hydrogen-bond donors (Lipinski definition) is 4. The summed E-state index contributed by atoms with van der Waals surface area (Å²) in [7, 11) is 0. The van der Waals surface area contributed by atoms with Gasteiger partial charge in [0.05, 0.1) is 0 Å². The van der Waals surface area contributed by atoms with Crippen LogP contribution in [0.1, 0.15) is 62.4 Å². The van der Waals surface area contributed by atoms with Crippen LogP contribution in [0, 0.1) is 5.92 Å². The van der Waals surface area contributed by atoms with Crippen molar-refractivity contribution in [1.29, 1.82) is 0 Å². The molecule has 0 radical (unpaired) electrons. The summed E-state index contributed by atoms with van der Waals surface area (Å²) >= 11 is 0. The number of hydrogen-bond acceptors (Lipinski definition) is 5. The maximum Gasteiger partial charge on any atom is 0.326 e. The highest BCUT2D eigenvalue weighted by atomic mass is 16.4. The molecule has 1 aliphatic rings. The third kappa shape index (κ3) is 8.75. The second-order valence-corrected chi connectivity index (χ2v) is 9.92. The minimum Gasteiger partial charge on any atom is -0.480 e. The average molecular weight is 495 g/mol. The summed E-state index contributed by atoms with van der Waals surface area (Å²) in [5.74, 6) is -1.31.